The van der Waals surface area contributed by atoms with Crippen molar-refractivity contribution in [3.8, 4) is 0 Å². The first kappa shape index (κ1) is 21.6. The molecule has 0 aliphatic heterocycles. The van der Waals surface area contributed by atoms with Crippen LogP contribution in [-0.4, -0.2) is 16.1 Å². The average Bonchev–Trinajstić information content (AvgIpc) is 2.58. The molecule has 0 bridgehead atoms. The summed E-state index contributed by atoms with van der Waals surface area (Å²) in [5.74, 6) is 0. The largest absolute Gasteiger partial charge is 0.0874 e. The third-order valence-electron chi connectivity index (χ3n) is 4.13. The molecule has 0 amide bonds. The molecule has 0 nitrogen and oxygen atoms in total. The van der Waals surface area contributed by atoms with Crippen LogP contribution in [-0.2, 0) is 0 Å². The van der Waals surface area contributed by atoms with Gasteiger partial charge in [-0.25, -0.2) is 0 Å². The van der Waals surface area contributed by atoms with Crippen LogP contribution in [0.1, 0.15) is 11.1 Å². The second kappa shape index (κ2) is 8.55. The van der Waals surface area contributed by atoms with Gasteiger partial charge in [-0.1, -0.05) is 132 Å². The van der Waals surface area contributed by atoms with Crippen LogP contribution in [0.5, 0.6) is 0 Å². The lowest BCUT2D eigenvalue weighted by molar-refractivity contribution is 1.57. The average molecular weight is 508 g/mol. The van der Waals surface area contributed by atoms with Gasteiger partial charge >= 0.3 is 0 Å². The highest BCUT2D eigenvalue weighted by Gasteiger charge is 2.29. The summed E-state index contributed by atoms with van der Waals surface area (Å²) in [6, 6.07) is 21.6. The van der Waals surface area contributed by atoms with Crippen molar-refractivity contribution in [2.24, 2.45) is 0 Å². The van der Waals surface area contributed by atoms with Crippen molar-refractivity contribution in [2.45, 2.75) is 39.3 Å². The molecule has 0 fully saturated rings. The fourth-order valence-electron chi connectivity index (χ4n) is 2.72. The highest BCUT2D eigenvalue weighted by atomic mass is 79.9. The molecule has 0 saturated carbocycles. The smallest absolute Gasteiger partial charge is 0.0651 e. The van der Waals surface area contributed by atoms with Gasteiger partial charge in [0.1, 0.15) is 0 Å². The molecule has 0 saturated heterocycles. The zero-order valence-corrected chi connectivity index (χ0v) is 21.7. The van der Waals surface area contributed by atoms with E-state index in [1.54, 1.807) is 0 Å². The van der Waals surface area contributed by atoms with Crippen LogP contribution in [0, 0.1) is 0 Å². The molecular formula is C22H28Br2Si2. The Morgan fingerprint density at radius 2 is 0.808 bits per heavy atom. The molecular weight excluding hydrogens is 480 g/mol. The molecule has 0 aliphatic rings. The molecule has 2 aromatic rings. The molecule has 0 heterocycles. The molecule has 138 valence electrons. The van der Waals surface area contributed by atoms with Crippen molar-refractivity contribution >= 4 is 59.2 Å². The van der Waals surface area contributed by atoms with E-state index in [4.69, 9.17) is 0 Å². The molecule has 0 aliphatic carbocycles. The predicted octanol–water partition coefficient (Wildman–Crippen LogP) is 8.35. The number of hydrogen-bond acceptors (Lipinski definition) is 0. The van der Waals surface area contributed by atoms with Crippen LogP contribution in [0.3, 0.4) is 0 Å². The van der Waals surface area contributed by atoms with Crippen LogP contribution >= 0.6 is 31.9 Å². The number of hydrogen-bond donors (Lipinski definition) is 0. The molecule has 2 rings (SSSR count). The Bertz CT molecular complexity index is 737. The van der Waals surface area contributed by atoms with Gasteiger partial charge in [-0.15, -0.1) is 0 Å². The molecule has 0 N–H and O–H groups in total. The van der Waals surface area contributed by atoms with E-state index in [2.05, 4.69) is 132 Å². The zero-order valence-electron chi connectivity index (χ0n) is 16.5. The zero-order chi connectivity index (χ0) is 19.5. The third-order valence-corrected chi connectivity index (χ3v) is 15.2. The quantitative estimate of drug-likeness (QED) is 0.281. The summed E-state index contributed by atoms with van der Waals surface area (Å²) in [6.07, 6.45) is 0. The predicted molar refractivity (Wildman–Crippen MR) is 131 cm³/mol. The topological polar surface area (TPSA) is 0 Å². The fourth-order valence-corrected chi connectivity index (χ4v) is 5.61. The summed E-state index contributed by atoms with van der Waals surface area (Å²) >= 11 is 8.07. The Balaban J connectivity index is 2.94. The van der Waals surface area contributed by atoms with Crippen molar-refractivity contribution in [1.82, 2.24) is 0 Å². The van der Waals surface area contributed by atoms with Gasteiger partial charge < -0.3 is 0 Å². The summed E-state index contributed by atoms with van der Waals surface area (Å²) in [6.45, 7) is 14.4. The minimum atomic E-state index is -1.55. The van der Waals surface area contributed by atoms with Gasteiger partial charge in [-0.3, -0.25) is 0 Å². The van der Waals surface area contributed by atoms with Crippen LogP contribution in [0.2, 0.25) is 39.3 Å². The molecule has 0 radical (unpaired) electrons. The van der Waals surface area contributed by atoms with E-state index in [1.807, 2.05) is 0 Å². The summed E-state index contributed by atoms with van der Waals surface area (Å²) in [5, 5.41) is 0. The van der Waals surface area contributed by atoms with E-state index in [0.717, 1.165) is 0 Å². The Morgan fingerprint density at radius 1 is 0.538 bits per heavy atom. The standard InChI is InChI=1S/C22H28Br2Si2/c1-25(2,3)21(23)19(17-13-9-7-10-14-17)20(22(24)26(4,5)6)18-15-11-8-12-16-18/h7-16H,1-6H3/b21-19+,22-20+. The first-order chi connectivity index (χ1) is 12.0. The van der Waals surface area contributed by atoms with Gasteiger partial charge in [0, 0.05) is 0 Å². The molecule has 2 aromatic carbocycles. The first-order valence-electron chi connectivity index (χ1n) is 8.95. The van der Waals surface area contributed by atoms with E-state index >= 15 is 0 Å². The maximum absolute atomic E-state index is 4.04. The van der Waals surface area contributed by atoms with Crippen molar-refractivity contribution in [3.05, 3.63) is 80.0 Å². The maximum atomic E-state index is 4.04. The van der Waals surface area contributed by atoms with Gasteiger partial charge in [-0.2, -0.15) is 0 Å². The van der Waals surface area contributed by atoms with Crippen LogP contribution in [0.25, 0.3) is 11.1 Å². The first-order valence-corrected chi connectivity index (χ1v) is 17.5. The Hall–Kier alpha value is -0.686. The second-order valence-corrected chi connectivity index (χ2v) is 21.7. The Labute approximate surface area is 177 Å². The number of allylic oxidation sites excluding steroid dienone is 2. The lowest BCUT2D eigenvalue weighted by Crippen LogP contribution is -2.25. The van der Waals surface area contributed by atoms with Crippen LogP contribution in [0.4, 0.5) is 0 Å². The minimum Gasteiger partial charge on any atom is -0.0651 e. The Morgan fingerprint density at radius 3 is 1.04 bits per heavy atom. The van der Waals surface area contributed by atoms with Gasteiger partial charge in [-0.05, 0) is 30.5 Å². The summed E-state index contributed by atoms with van der Waals surface area (Å²) in [4.78, 5) is 0. The lowest BCUT2D eigenvalue weighted by atomic mass is 9.95. The van der Waals surface area contributed by atoms with E-state index in [9.17, 15) is 0 Å². The SMILES string of the molecule is C[Si](C)(C)/C(Br)=C(/C(=C(\Br)[Si](C)(C)C)c1ccccc1)c1ccccc1. The number of rotatable bonds is 5. The monoisotopic (exact) mass is 506 g/mol. The van der Waals surface area contributed by atoms with Gasteiger partial charge in [0.05, 0.1) is 16.1 Å². The molecule has 0 unspecified atom stereocenters. The lowest BCUT2D eigenvalue weighted by Gasteiger charge is -2.27. The Kier molecular flexibility index (Phi) is 7.11. The summed E-state index contributed by atoms with van der Waals surface area (Å²) in [7, 11) is -3.10. The minimum absolute atomic E-state index is 1.27. The van der Waals surface area contributed by atoms with Crippen molar-refractivity contribution in [1.29, 1.82) is 0 Å². The van der Waals surface area contributed by atoms with E-state index in [0.29, 0.717) is 0 Å². The highest BCUT2D eigenvalue weighted by molar-refractivity contribution is 9.12. The van der Waals surface area contributed by atoms with Crippen LogP contribution in [0.15, 0.2) is 68.9 Å². The molecule has 0 spiro atoms. The van der Waals surface area contributed by atoms with E-state index < -0.39 is 16.1 Å². The van der Waals surface area contributed by atoms with Gasteiger partial charge in [0.2, 0.25) is 0 Å². The van der Waals surface area contributed by atoms with Crippen LogP contribution < -0.4 is 0 Å². The van der Waals surface area contributed by atoms with E-state index in [-0.39, 0.29) is 0 Å². The summed E-state index contributed by atoms with van der Waals surface area (Å²) < 4.78 is 2.73. The summed E-state index contributed by atoms with van der Waals surface area (Å²) in [5.41, 5.74) is 5.22. The van der Waals surface area contributed by atoms with Crippen molar-refractivity contribution in [2.75, 3.05) is 0 Å². The van der Waals surface area contributed by atoms with Gasteiger partial charge in [0.15, 0.2) is 0 Å². The maximum Gasteiger partial charge on any atom is 0.0874 e. The molecule has 26 heavy (non-hydrogen) atoms. The van der Waals surface area contributed by atoms with E-state index in [1.165, 1.54) is 30.5 Å². The molecule has 0 atom stereocenters. The van der Waals surface area contributed by atoms with Crippen molar-refractivity contribution < 1.29 is 0 Å². The van der Waals surface area contributed by atoms with Gasteiger partial charge in [0.25, 0.3) is 0 Å². The highest BCUT2D eigenvalue weighted by Crippen LogP contribution is 2.44. The normalized spacial score (nSPS) is 14.6. The molecule has 0 aromatic heterocycles. The van der Waals surface area contributed by atoms with Crippen molar-refractivity contribution in [3.63, 3.8) is 0 Å². The second-order valence-electron chi connectivity index (χ2n) is 8.61. The fraction of sp³-hybridized carbons (Fsp3) is 0.273. The molecule has 4 heteroatoms. The number of halogens is 2. The third kappa shape index (κ3) is 5.19. The number of benzene rings is 2.